The first kappa shape index (κ1) is 10.5. The normalized spacial score (nSPS) is 29.8. The van der Waals surface area contributed by atoms with Crippen LogP contribution in [0.15, 0.2) is 0 Å². The summed E-state index contributed by atoms with van der Waals surface area (Å²) in [5, 5.41) is 0.947. The van der Waals surface area contributed by atoms with Crippen molar-refractivity contribution in [1.82, 2.24) is 0 Å². The second-order valence-corrected chi connectivity index (χ2v) is 7.54. The Morgan fingerprint density at radius 2 is 2.31 bits per heavy atom. The lowest BCUT2D eigenvalue weighted by Gasteiger charge is -2.27. The van der Waals surface area contributed by atoms with Gasteiger partial charge in [0.15, 0.2) is 0 Å². The van der Waals surface area contributed by atoms with Crippen LogP contribution in [0.1, 0.15) is 13.3 Å². The molecule has 0 spiro atoms. The molecule has 0 aromatic heterocycles. The second-order valence-electron chi connectivity index (χ2n) is 3.42. The summed E-state index contributed by atoms with van der Waals surface area (Å²) in [4.78, 5) is 0. The minimum Gasteiger partial charge on any atom is -0.372 e. The van der Waals surface area contributed by atoms with Crippen molar-refractivity contribution in [2.75, 3.05) is 23.9 Å². The molecule has 13 heavy (non-hydrogen) atoms. The van der Waals surface area contributed by atoms with Crippen LogP contribution in [0.4, 0.5) is 0 Å². The van der Waals surface area contributed by atoms with Crippen LogP contribution >= 0.6 is 35.3 Å². The van der Waals surface area contributed by atoms with Crippen LogP contribution in [-0.4, -0.2) is 39.8 Å². The third-order valence-corrected chi connectivity index (χ3v) is 7.22. The summed E-state index contributed by atoms with van der Waals surface area (Å²) in [6.45, 7) is 3.30. The Labute approximate surface area is 93.1 Å². The van der Waals surface area contributed by atoms with Gasteiger partial charge >= 0.3 is 0 Å². The second kappa shape index (κ2) is 5.19. The maximum atomic E-state index is 5.21. The molecule has 2 heterocycles. The number of hydrogen-bond acceptors (Lipinski definition) is 4. The molecule has 0 aromatic rings. The molecule has 2 aliphatic heterocycles. The molecule has 2 unspecified atom stereocenters. The zero-order valence-electron chi connectivity index (χ0n) is 7.90. The van der Waals surface area contributed by atoms with Gasteiger partial charge in [-0.05, 0) is 6.42 Å². The van der Waals surface area contributed by atoms with Crippen LogP contribution in [0, 0.1) is 0 Å². The van der Waals surface area contributed by atoms with Crippen LogP contribution in [0.25, 0.3) is 0 Å². The largest absolute Gasteiger partial charge is 0.372 e. The number of thioether (sulfide) groups is 3. The highest BCUT2D eigenvalue weighted by molar-refractivity contribution is 8.18. The van der Waals surface area contributed by atoms with E-state index >= 15 is 0 Å². The van der Waals surface area contributed by atoms with Gasteiger partial charge in [0.1, 0.15) is 0 Å². The van der Waals surface area contributed by atoms with Crippen LogP contribution in [-0.2, 0) is 4.74 Å². The van der Waals surface area contributed by atoms with Crippen molar-refractivity contribution < 1.29 is 4.74 Å². The molecule has 0 saturated carbocycles. The van der Waals surface area contributed by atoms with Gasteiger partial charge in [-0.3, -0.25) is 0 Å². The smallest absolute Gasteiger partial charge is 0.0900 e. The van der Waals surface area contributed by atoms with Crippen LogP contribution < -0.4 is 0 Å². The summed E-state index contributed by atoms with van der Waals surface area (Å²) in [7, 11) is 0. The van der Waals surface area contributed by atoms with Crippen LogP contribution in [0.3, 0.4) is 0 Å². The first-order chi connectivity index (χ1) is 6.38. The predicted molar refractivity (Wildman–Crippen MR) is 65.0 cm³/mol. The molecular formula is C9H16OS3. The van der Waals surface area contributed by atoms with E-state index in [4.69, 9.17) is 4.74 Å². The Morgan fingerprint density at radius 1 is 1.54 bits per heavy atom. The van der Waals surface area contributed by atoms with Gasteiger partial charge in [0.05, 0.1) is 17.3 Å². The monoisotopic (exact) mass is 236 g/mol. The first-order valence-electron chi connectivity index (χ1n) is 4.85. The molecule has 0 aromatic carbocycles. The molecule has 2 saturated heterocycles. The van der Waals surface area contributed by atoms with Gasteiger partial charge in [-0.15, -0.1) is 23.5 Å². The van der Waals surface area contributed by atoms with Gasteiger partial charge in [0.25, 0.3) is 0 Å². The first-order valence-corrected chi connectivity index (χ1v) is 7.99. The quantitative estimate of drug-likeness (QED) is 0.519. The van der Waals surface area contributed by atoms with E-state index in [9.17, 15) is 0 Å². The van der Waals surface area contributed by atoms with Gasteiger partial charge in [-0.1, -0.05) is 6.92 Å². The molecule has 2 aliphatic rings. The molecule has 2 fully saturated rings. The Hall–Kier alpha value is 1.01. The lowest BCUT2D eigenvalue weighted by atomic mass is 10.5. The summed E-state index contributed by atoms with van der Waals surface area (Å²) in [5.74, 6) is 3.97. The number of hydrogen-bond donors (Lipinski definition) is 0. The summed E-state index contributed by atoms with van der Waals surface area (Å²) in [6.07, 6.45) is 1.89. The topological polar surface area (TPSA) is 12.5 Å². The molecule has 0 amide bonds. The van der Waals surface area contributed by atoms with Crippen LogP contribution in [0.5, 0.6) is 0 Å². The average molecular weight is 236 g/mol. The van der Waals surface area contributed by atoms with E-state index in [0.717, 1.165) is 16.4 Å². The van der Waals surface area contributed by atoms with Crippen molar-refractivity contribution in [3.63, 3.8) is 0 Å². The molecule has 76 valence electrons. The number of ether oxygens (including phenoxy) is 1. The van der Waals surface area contributed by atoms with E-state index in [1.807, 2.05) is 0 Å². The molecular weight excluding hydrogens is 220 g/mol. The van der Waals surface area contributed by atoms with E-state index in [1.54, 1.807) is 0 Å². The molecule has 0 aliphatic carbocycles. The third kappa shape index (κ3) is 3.57. The molecule has 2 rings (SSSR count). The van der Waals surface area contributed by atoms with E-state index in [1.165, 1.54) is 23.7 Å². The number of epoxide rings is 1. The fraction of sp³-hybridized carbons (Fsp3) is 1.00. The van der Waals surface area contributed by atoms with Crippen molar-refractivity contribution >= 4 is 35.3 Å². The SMILES string of the molecule is CCC(SCC1CO1)SC1CSC1. The number of rotatable bonds is 6. The maximum Gasteiger partial charge on any atom is 0.0900 e. The Morgan fingerprint density at radius 3 is 2.77 bits per heavy atom. The minimum absolute atomic E-state index is 0.593. The zero-order valence-corrected chi connectivity index (χ0v) is 10.4. The predicted octanol–water partition coefficient (Wildman–Crippen LogP) is 2.70. The molecule has 0 bridgehead atoms. The van der Waals surface area contributed by atoms with Gasteiger partial charge < -0.3 is 4.74 Å². The highest BCUT2D eigenvalue weighted by atomic mass is 32.2. The highest BCUT2D eigenvalue weighted by Crippen LogP contribution is 2.38. The fourth-order valence-electron chi connectivity index (χ4n) is 1.14. The Bertz CT molecular complexity index is 157. The van der Waals surface area contributed by atoms with Crippen molar-refractivity contribution in [1.29, 1.82) is 0 Å². The van der Waals surface area contributed by atoms with Crippen LogP contribution in [0.2, 0.25) is 0 Å². The minimum atomic E-state index is 0.593. The van der Waals surface area contributed by atoms with Gasteiger partial charge in [-0.25, -0.2) is 0 Å². The third-order valence-electron chi connectivity index (χ3n) is 2.16. The van der Waals surface area contributed by atoms with Crippen molar-refractivity contribution in [2.24, 2.45) is 0 Å². The van der Waals surface area contributed by atoms with Gasteiger partial charge in [0, 0.05) is 22.5 Å². The van der Waals surface area contributed by atoms with E-state index in [0.29, 0.717) is 6.10 Å². The standard InChI is InChI=1S/C9H16OS3/c1-2-9(12-4-7-3-10-7)13-8-5-11-6-8/h7-9H,2-6H2,1H3. The maximum absolute atomic E-state index is 5.21. The molecule has 0 N–H and O–H groups in total. The Balaban J connectivity index is 1.59. The highest BCUT2D eigenvalue weighted by Gasteiger charge is 2.26. The summed E-state index contributed by atoms with van der Waals surface area (Å²) < 4.78 is 6.03. The average Bonchev–Trinajstić information content (AvgIpc) is 2.85. The summed E-state index contributed by atoms with van der Waals surface area (Å²) >= 11 is 6.37. The molecule has 4 heteroatoms. The van der Waals surface area contributed by atoms with Gasteiger partial charge in [0.2, 0.25) is 0 Å². The summed E-state index contributed by atoms with van der Waals surface area (Å²) in [5.41, 5.74) is 0. The zero-order chi connectivity index (χ0) is 9.10. The molecule has 2 atom stereocenters. The summed E-state index contributed by atoms with van der Waals surface area (Å²) in [6, 6.07) is 0. The van der Waals surface area contributed by atoms with E-state index < -0.39 is 0 Å². The molecule has 0 radical (unpaired) electrons. The lowest BCUT2D eigenvalue weighted by molar-refractivity contribution is 0.426. The van der Waals surface area contributed by atoms with Crippen molar-refractivity contribution in [2.45, 2.75) is 29.3 Å². The van der Waals surface area contributed by atoms with Crippen molar-refractivity contribution in [3.8, 4) is 0 Å². The Kier molecular flexibility index (Phi) is 4.20. The van der Waals surface area contributed by atoms with Crippen molar-refractivity contribution in [3.05, 3.63) is 0 Å². The van der Waals surface area contributed by atoms with E-state index in [2.05, 4.69) is 42.2 Å². The fourth-order valence-corrected chi connectivity index (χ4v) is 5.27. The van der Waals surface area contributed by atoms with Gasteiger partial charge in [-0.2, -0.15) is 11.8 Å². The lowest BCUT2D eigenvalue weighted by Crippen LogP contribution is -2.23. The molecule has 1 nitrogen and oxygen atoms in total. The van der Waals surface area contributed by atoms with E-state index in [-0.39, 0.29) is 0 Å².